The van der Waals surface area contributed by atoms with E-state index < -0.39 is 11.6 Å². The van der Waals surface area contributed by atoms with E-state index in [1.165, 1.54) is 0 Å². The first-order chi connectivity index (χ1) is 10.7. The van der Waals surface area contributed by atoms with Crippen molar-refractivity contribution in [1.82, 2.24) is 0 Å². The molecule has 0 aromatic heterocycles. The molecule has 0 aliphatic carbocycles. The largest absolute Gasteiger partial charge is 0.378 e. The van der Waals surface area contributed by atoms with Crippen LogP contribution in [0.1, 0.15) is 22.7 Å². The van der Waals surface area contributed by atoms with Gasteiger partial charge in [-0.05, 0) is 16.7 Å². The minimum Gasteiger partial charge on any atom is -0.378 e. The van der Waals surface area contributed by atoms with Crippen molar-refractivity contribution >= 4 is 0 Å². The van der Waals surface area contributed by atoms with Crippen molar-refractivity contribution in [3.8, 4) is 0 Å². The second kappa shape index (κ2) is 6.14. The van der Waals surface area contributed by atoms with Crippen molar-refractivity contribution in [2.24, 2.45) is 5.73 Å². The zero-order valence-electron chi connectivity index (χ0n) is 12.3. The Hall–Kier alpha value is -2.42. The molecule has 0 aliphatic heterocycles. The molecule has 0 spiro atoms. The number of benzene rings is 3. The predicted octanol–water partition coefficient (Wildman–Crippen LogP) is 3.62. The Bertz CT molecular complexity index is 671. The van der Waals surface area contributed by atoms with Crippen LogP contribution in [0.15, 0.2) is 91.0 Å². The van der Waals surface area contributed by atoms with E-state index in [1.54, 1.807) is 0 Å². The number of hydrogen-bond donors (Lipinski definition) is 2. The second-order valence-electron chi connectivity index (χ2n) is 5.39. The minimum atomic E-state index is -1.27. The van der Waals surface area contributed by atoms with Gasteiger partial charge < -0.3 is 10.8 Å². The summed E-state index contributed by atoms with van der Waals surface area (Å²) < 4.78 is 0. The van der Waals surface area contributed by atoms with Crippen molar-refractivity contribution in [2.75, 3.05) is 0 Å². The summed E-state index contributed by atoms with van der Waals surface area (Å²) in [5.74, 6) is 0. The van der Waals surface area contributed by atoms with E-state index in [0.29, 0.717) is 0 Å². The lowest BCUT2D eigenvalue weighted by molar-refractivity contribution is 0.0512. The minimum absolute atomic E-state index is 0.557. The SMILES string of the molecule is N[C@H](c1ccccc1)C(O)(c1ccccc1)c1ccccc1. The molecule has 3 rings (SSSR count). The van der Waals surface area contributed by atoms with Gasteiger partial charge in [0.1, 0.15) is 5.60 Å². The molecule has 0 saturated carbocycles. The van der Waals surface area contributed by atoms with E-state index in [2.05, 4.69) is 0 Å². The normalized spacial score (nSPS) is 12.8. The third-order valence-electron chi connectivity index (χ3n) is 4.04. The van der Waals surface area contributed by atoms with Crippen LogP contribution in [0.2, 0.25) is 0 Å². The van der Waals surface area contributed by atoms with Crippen LogP contribution in [0.5, 0.6) is 0 Å². The summed E-state index contributed by atoms with van der Waals surface area (Å²) in [4.78, 5) is 0. The van der Waals surface area contributed by atoms with Gasteiger partial charge in [0.25, 0.3) is 0 Å². The van der Waals surface area contributed by atoms with Crippen LogP contribution < -0.4 is 5.73 Å². The Morgan fingerprint density at radius 1 is 0.636 bits per heavy atom. The molecule has 2 nitrogen and oxygen atoms in total. The molecule has 0 radical (unpaired) electrons. The van der Waals surface area contributed by atoms with Crippen molar-refractivity contribution in [3.05, 3.63) is 108 Å². The topological polar surface area (TPSA) is 46.2 Å². The van der Waals surface area contributed by atoms with E-state index in [0.717, 1.165) is 16.7 Å². The van der Waals surface area contributed by atoms with E-state index >= 15 is 0 Å². The van der Waals surface area contributed by atoms with Crippen LogP contribution in [0.3, 0.4) is 0 Å². The Morgan fingerprint density at radius 3 is 1.41 bits per heavy atom. The molecule has 110 valence electrons. The maximum Gasteiger partial charge on any atom is 0.134 e. The molecule has 0 amide bonds. The zero-order chi connectivity index (χ0) is 15.4. The van der Waals surface area contributed by atoms with Crippen molar-refractivity contribution in [3.63, 3.8) is 0 Å². The Kier molecular flexibility index (Phi) is 4.05. The lowest BCUT2D eigenvalue weighted by Crippen LogP contribution is -2.39. The highest BCUT2D eigenvalue weighted by Gasteiger charge is 2.38. The van der Waals surface area contributed by atoms with Gasteiger partial charge in [0.2, 0.25) is 0 Å². The summed E-state index contributed by atoms with van der Waals surface area (Å²) in [6.07, 6.45) is 0. The summed E-state index contributed by atoms with van der Waals surface area (Å²) in [5.41, 5.74) is 7.69. The lowest BCUT2D eigenvalue weighted by atomic mass is 9.78. The lowest BCUT2D eigenvalue weighted by Gasteiger charge is -2.35. The summed E-state index contributed by atoms with van der Waals surface area (Å²) in [6.45, 7) is 0. The van der Waals surface area contributed by atoms with E-state index in [1.807, 2.05) is 91.0 Å². The molecule has 0 heterocycles. The summed E-state index contributed by atoms with van der Waals surface area (Å²) in [5, 5.41) is 11.6. The highest BCUT2D eigenvalue weighted by atomic mass is 16.3. The second-order valence-corrected chi connectivity index (χ2v) is 5.39. The van der Waals surface area contributed by atoms with Gasteiger partial charge in [0.05, 0.1) is 6.04 Å². The fourth-order valence-corrected chi connectivity index (χ4v) is 2.81. The van der Waals surface area contributed by atoms with Crippen LogP contribution >= 0.6 is 0 Å². The van der Waals surface area contributed by atoms with Crippen LogP contribution in [-0.4, -0.2) is 5.11 Å². The maximum absolute atomic E-state index is 11.6. The van der Waals surface area contributed by atoms with Gasteiger partial charge in [0.15, 0.2) is 0 Å². The summed E-state index contributed by atoms with van der Waals surface area (Å²) in [7, 11) is 0. The van der Waals surface area contributed by atoms with Gasteiger partial charge in [-0.15, -0.1) is 0 Å². The molecule has 3 aromatic carbocycles. The molecule has 0 unspecified atom stereocenters. The highest BCUT2D eigenvalue weighted by molar-refractivity contribution is 5.41. The first kappa shape index (κ1) is 14.5. The monoisotopic (exact) mass is 289 g/mol. The number of hydrogen-bond acceptors (Lipinski definition) is 2. The molecule has 3 N–H and O–H groups in total. The van der Waals surface area contributed by atoms with E-state index in [9.17, 15) is 5.11 Å². The molecule has 22 heavy (non-hydrogen) atoms. The van der Waals surface area contributed by atoms with Gasteiger partial charge in [-0.3, -0.25) is 0 Å². The molecular formula is C20H19NO. The van der Waals surface area contributed by atoms with E-state index in [4.69, 9.17) is 5.73 Å². The van der Waals surface area contributed by atoms with Crippen molar-refractivity contribution in [1.29, 1.82) is 0 Å². The molecule has 0 aliphatic rings. The van der Waals surface area contributed by atoms with Gasteiger partial charge in [0, 0.05) is 0 Å². The first-order valence-corrected chi connectivity index (χ1v) is 7.37. The molecule has 2 heteroatoms. The van der Waals surface area contributed by atoms with Gasteiger partial charge >= 0.3 is 0 Å². The quantitative estimate of drug-likeness (QED) is 0.770. The molecule has 1 atom stereocenters. The van der Waals surface area contributed by atoms with Gasteiger partial charge in [-0.2, -0.15) is 0 Å². The number of nitrogens with two attached hydrogens (primary N) is 1. The van der Waals surface area contributed by atoms with Crippen LogP contribution in [-0.2, 0) is 5.60 Å². The standard InChI is InChI=1S/C20H19NO/c21-19(16-10-4-1-5-11-16)20(22,17-12-6-2-7-13-17)18-14-8-3-9-15-18/h1-15,19,22H,21H2/t19-/m1/s1. The Balaban J connectivity index is 2.16. The van der Waals surface area contributed by atoms with Crippen LogP contribution in [0, 0.1) is 0 Å². The third kappa shape index (κ3) is 2.54. The third-order valence-corrected chi connectivity index (χ3v) is 4.04. The molecule has 0 saturated heterocycles. The highest BCUT2D eigenvalue weighted by Crippen LogP contribution is 2.39. The Labute approximate surface area is 130 Å². The summed E-state index contributed by atoms with van der Waals surface area (Å²) >= 11 is 0. The van der Waals surface area contributed by atoms with Crippen LogP contribution in [0.4, 0.5) is 0 Å². The maximum atomic E-state index is 11.6. The number of aliphatic hydroxyl groups is 1. The smallest absolute Gasteiger partial charge is 0.134 e. The number of rotatable bonds is 4. The molecule has 0 bridgehead atoms. The molecular weight excluding hydrogens is 270 g/mol. The van der Waals surface area contributed by atoms with Gasteiger partial charge in [-0.25, -0.2) is 0 Å². The zero-order valence-corrected chi connectivity index (χ0v) is 12.3. The average molecular weight is 289 g/mol. The van der Waals surface area contributed by atoms with Crippen molar-refractivity contribution < 1.29 is 5.11 Å². The average Bonchev–Trinajstić information content (AvgIpc) is 2.62. The fraction of sp³-hybridized carbons (Fsp3) is 0.100. The van der Waals surface area contributed by atoms with Gasteiger partial charge in [-0.1, -0.05) is 91.0 Å². The van der Waals surface area contributed by atoms with Crippen LogP contribution in [0.25, 0.3) is 0 Å². The predicted molar refractivity (Wildman–Crippen MR) is 89.3 cm³/mol. The Morgan fingerprint density at radius 2 is 1.00 bits per heavy atom. The van der Waals surface area contributed by atoms with E-state index in [-0.39, 0.29) is 0 Å². The van der Waals surface area contributed by atoms with Crippen molar-refractivity contribution in [2.45, 2.75) is 11.6 Å². The fourth-order valence-electron chi connectivity index (χ4n) is 2.81. The molecule has 0 fully saturated rings. The molecule has 3 aromatic rings. The first-order valence-electron chi connectivity index (χ1n) is 7.37. The summed E-state index contributed by atoms with van der Waals surface area (Å²) in [6, 6.07) is 28.3.